The molecule has 0 amide bonds. The molecule has 0 bridgehead atoms. The molecule has 5 heteroatoms. The summed E-state index contributed by atoms with van der Waals surface area (Å²) in [5.41, 5.74) is 6.00. The van der Waals surface area contributed by atoms with Gasteiger partial charge < -0.3 is 9.52 Å². The van der Waals surface area contributed by atoms with Crippen molar-refractivity contribution in [3.05, 3.63) is 101 Å². The number of rotatable bonds is 4. The summed E-state index contributed by atoms with van der Waals surface area (Å²) in [7, 11) is 0. The summed E-state index contributed by atoms with van der Waals surface area (Å²) in [6, 6.07) is 20.1. The number of aromatic hydroxyl groups is 1. The van der Waals surface area contributed by atoms with Crippen LogP contribution < -0.4 is 0 Å². The molecular weight excluding hydrogens is 475 g/mol. The molecule has 0 aliphatic heterocycles. The van der Waals surface area contributed by atoms with E-state index in [1.54, 1.807) is 42.6 Å². The second-order valence-electron chi connectivity index (χ2n) is 10.2. The van der Waals surface area contributed by atoms with Crippen LogP contribution in [0.3, 0.4) is 0 Å². The van der Waals surface area contributed by atoms with E-state index in [1.165, 1.54) is 0 Å². The molecule has 2 heterocycles. The van der Waals surface area contributed by atoms with Crippen molar-refractivity contribution < 1.29 is 13.9 Å². The van der Waals surface area contributed by atoms with Gasteiger partial charge in [-0.1, -0.05) is 50.2 Å². The number of nitrogens with zero attached hydrogens (tertiary/aromatic N) is 2. The second kappa shape index (κ2) is 9.00. The largest absolute Gasteiger partial charge is 0.507 e. The van der Waals surface area contributed by atoms with Crippen LogP contribution in [-0.4, -0.2) is 10.1 Å². The quantitative estimate of drug-likeness (QED) is 0.245. The van der Waals surface area contributed by atoms with E-state index < -0.39 is 5.82 Å². The maximum Gasteiger partial charge on any atom is 0.190 e. The molecule has 0 radical (unpaired) electrons. The fourth-order valence-corrected chi connectivity index (χ4v) is 5.30. The number of fused-ring (bicyclic) bond motifs is 4. The van der Waals surface area contributed by atoms with Crippen LogP contribution in [0, 0.1) is 25.2 Å². The number of halogens is 1. The summed E-state index contributed by atoms with van der Waals surface area (Å²) < 4.78 is 22.2. The Morgan fingerprint density at radius 3 is 2.45 bits per heavy atom. The molecule has 6 aromatic rings. The van der Waals surface area contributed by atoms with Crippen molar-refractivity contribution in [3.63, 3.8) is 0 Å². The highest BCUT2D eigenvalue weighted by atomic mass is 19.1. The lowest BCUT2D eigenvalue weighted by Crippen LogP contribution is -1.95. The monoisotopic (exact) mass is 500 g/mol. The molecular formula is C33H25FN2O2. The third kappa shape index (κ3) is 3.86. The zero-order valence-electron chi connectivity index (χ0n) is 21.3. The van der Waals surface area contributed by atoms with E-state index in [-0.39, 0.29) is 5.75 Å². The van der Waals surface area contributed by atoms with E-state index in [0.717, 1.165) is 33.9 Å². The molecule has 4 nitrogen and oxygen atoms in total. The van der Waals surface area contributed by atoms with Gasteiger partial charge in [-0.15, -0.1) is 0 Å². The highest BCUT2D eigenvalue weighted by Crippen LogP contribution is 2.41. The minimum Gasteiger partial charge on any atom is -0.507 e. The SMILES string of the molecule is [C-]#[N+]c1ccc2c(c1)oc1c(-c3nccc4c(F)c(-c5ccc(CC(C)C)cc5O)ccc34)cc(C)cc12. The lowest BCUT2D eigenvalue weighted by atomic mass is 9.94. The van der Waals surface area contributed by atoms with Gasteiger partial charge in [-0.25, -0.2) is 9.24 Å². The van der Waals surface area contributed by atoms with Crippen LogP contribution in [-0.2, 0) is 6.42 Å². The number of aryl methyl sites for hydroxylation is 1. The first-order valence-corrected chi connectivity index (χ1v) is 12.6. The average Bonchev–Trinajstić information content (AvgIpc) is 3.26. The molecule has 0 unspecified atom stereocenters. The standard InChI is InChI=1S/C33H25FN2O2/c1-18(2)13-20-5-7-22(29(37)16-20)24-9-10-26-25(31(24)34)11-12-36-32(26)28-15-19(3)14-27-23-8-6-21(35-4)17-30(23)38-33(27)28/h5-12,14-18,37H,13H2,1-3H3. The lowest BCUT2D eigenvalue weighted by molar-refractivity contribution is 0.475. The van der Waals surface area contributed by atoms with Gasteiger partial charge in [-0.05, 0) is 60.7 Å². The van der Waals surface area contributed by atoms with Crippen LogP contribution in [0.15, 0.2) is 77.3 Å². The molecule has 0 aliphatic carbocycles. The van der Waals surface area contributed by atoms with Crippen LogP contribution >= 0.6 is 0 Å². The van der Waals surface area contributed by atoms with E-state index in [2.05, 4.69) is 29.7 Å². The Morgan fingerprint density at radius 1 is 0.895 bits per heavy atom. The van der Waals surface area contributed by atoms with E-state index in [9.17, 15) is 5.11 Å². The first kappa shape index (κ1) is 23.7. The maximum atomic E-state index is 16.0. The van der Waals surface area contributed by atoms with Gasteiger partial charge in [0.05, 0.1) is 12.3 Å². The second-order valence-corrected chi connectivity index (χ2v) is 10.2. The summed E-state index contributed by atoms with van der Waals surface area (Å²) in [5.74, 6) is 0.114. The number of hydrogen-bond donors (Lipinski definition) is 1. The van der Waals surface area contributed by atoms with Crippen molar-refractivity contribution in [2.24, 2.45) is 5.92 Å². The Bertz CT molecular complexity index is 1930. The Balaban J connectivity index is 1.54. The van der Waals surface area contributed by atoms with Gasteiger partial charge in [0.15, 0.2) is 5.69 Å². The zero-order chi connectivity index (χ0) is 26.6. The van der Waals surface area contributed by atoms with Crippen LogP contribution in [0.25, 0.3) is 59.9 Å². The molecule has 0 saturated carbocycles. The molecule has 0 saturated heterocycles. The van der Waals surface area contributed by atoms with E-state index in [0.29, 0.717) is 50.4 Å². The molecule has 0 fully saturated rings. The van der Waals surface area contributed by atoms with Crippen LogP contribution in [0.5, 0.6) is 5.75 Å². The number of benzene rings is 4. The number of phenols is 1. The Hall–Kier alpha value is -4.69. The minimum atomic E-state index is -0.409. The van der Waals surface area contributed by atoms with E-state index >= 15 is 4.39 Å². The summed E-state index contributed by atoms with van der Waals surface area (Å²) in [6.07, 6.45) is 2.44. The number of aromatic nitrogens is 1. The van der Waals surface area contributed by atoms with Crippen molar-refractivity contribution in [1.29, 1.82) is 0 Å². The van der Waals surface area contributed by atoms with Crippen LogP contribution in [0.2, 0.25) is 0 Å². The third-order valence-corrected chi connectivity index (χ3v) is 6.96. The van der Waals surface area contributed by atoms with Crippen molar-refractivity contribution in [2.75, 3.05) is 0 Å². The van der Waals surface area contributed by atoms with Gasteiger partial charge in [0.2, 0.25) is 0 Å². The first-order valence-electron chi connectivity index (χ1n) is 12.6. The zero-order valence-corrected chi connectivity index (χ0v) is 21.3. The Labute approximate surface area is 219 Å². The minimum absolute atomic E-state index is 0.0668. The molecule has 0 aliphatic rings. The van der Waals surface area contributed by atoms with Crippen LogP contribution in [0.1, 0.15) is 25.0 Å². The summed E-state index contributed by atoms with van der Waals surface area (Å²) in [5, 5.41) is 13.6. The van der Waals surface area contributed by atoms with E-state index in [4.69, 9.17) is 11.0 Å². The predicted molar refractivity (Wildman–Crippen MR) is 151 cm³/mol. The molecule has 186 valence electrons. The average molecular weight is 501 g/mol. The first-order chi connectivity index (χ1) is 18.3. The van der Waals surface area contributed by atoms with Gasteiger partial charge in [0.25, 0.3) is 0 Å². The smallest absolute Gasteiger partial charge is 0.190 e. The highest BCUT2D eigenvalue weighted by Gasteiger charge is 2.19. The third-order valence-electron chi connectivity index (χ3n) is 6.96. The lowest BCUT2D eigenvalue weighted by Gasteiger charge is -2.13. The molecule has 0 atom stereocenters. The Kier molecular flexibility index (Phi) is 5.61. The van der Waals surface area contributed by atoms with Crippen molar-refractivity contribution in [1.82, 2.24) is 4.98 Å². The Morgan fingerprint density at radius 2 is 1.68 bits per heavy atom. The maximum absolute atomic E-state index is 16.0. The van der Waals surface area contributed by atoms with Crippen molar-refractivity contribution in [2.45, 2.75) is 27.2 Å². The number of phenolic OH excluding ortho intramolecular Hbond substituents is 1. The van der Waals surface area contributed by atoms with Gasteiger partial charge in [0, 0.05) is 44.4 Å². The van der Waals surface area contributed by atoms with Crippen molar-refractivity contribution >= 4 is 38.4 Å². The van der Waals surface area contributed by atoms with Gasteiger partial charge in [-0.3, -0.25) is 4.98 Å². The molecule has 4 aromatic carbocycles. The molecule has 38 heavy (non-hydrogen) atoms. The van der Waals surface area contributed by atoms with Gasteiger partial charge in [-0.2, -0.15) is 0 Å². The van der Waals surface area contributed by atoms with Crippen molar-refractivity contribution in [3.8, 4) is 28.1 Å². The number of pyridine rings is 1. The molecule has 1 N–H and O–H groups in total. The highest BCUT2D eigenvalue weighted by molar-refractivity contribution is 6.12. The summed E-state index contributed by atoms with van der Waals surface area (Å²) in [4.78, 5) is 8.16. The number of furan rings is 1. The molecule has 2 aromatic heterocycles. The normalized spacial score (nSPS) is 11.6. The van der Waals surface area contributed by atoms with Gasteiger partial charge >= 0.3 is 0 Å². The fourth-order valence-electron chi connectivity index (χ4n) is 5.30. The molecule has 6 rings (SSSR count). The van der Waals surface area contributed by atoms with E-state index in [1.807, 2.05) is 31.2 Å². The van der Waals surface area contributed by atoms with Gasteiger partial charge in [0.1, 0.15) is 22.7 Å². The number of hydrogen-bond acceptors (Lipinski definition) is 3. The fraction of sp³-hybridized carbons (Fsp3) is 0.152. The summed E-state index contributed by atoms with van der Waals surface area (Å²) >= 11 is 0. The predicted octanol–water partition coefficient (Wildman–Crippen LogP) is 9.37. The summed E-state index contributed by atoms with van der Waals surface area (Å²) in [6.45, 7) is 13.6. The molecule has 0 spiro atoms. The van der Waals surface area contributed by atoms with Crippen LogP contribution in [0.4, 0.5) is 10.1 Å². The topological polar surface area (TPSA) is 50.6 Å².